The number of Topliss-reactive ketones (excluding diaryl/α,β-unsaturated/α-hetero) is 1. The standard InChI is InChI=1S/C28H42O7/c1-16(2)17(3)13-23(31)35-22-15-21-24(5)9-8-20(30)14-19(24)7-10-27(21,33)28(34)12-11-26(32,18(4)29)25(22,28)6/h7,13,16,20-22,30,32-34H,8-12,14-15H2,1-6H3/b17-13+/t20-,21-,22+,24-,25+,26+,27-,28+/m0/s1. The number of aliphatic hydroxyl groups excluding tert-OH is 1. The molecule has 0 spiro atoms. The smallest absolute Gasteiger partial charge is 0.330 e. The first kappa shape index (κ1) is 26.5. The summed E-state index contributed by atoms with van der Waals surface area (Å²) in [5, 5.41) is 46.7. The van der Waals surface area contributed by atoms with Crippen molar-refractivity contribution in [3.63, 3.8) is 0 Å². The predicted molar refractivity (Wildman–Crippen MR) is 130 cm³/mol. The number of hydrogen-bond donors (Lipinski definition) is 4. The third-order valence-electron chi connectivity index (χ3n) is 10.7. The molecule has 4 aliphatic carbocycles. The Morgan fingerprint density at radius 1 is 1.11 bits per heavy atom. The summed E-state index contributed by atoms with van der Waals surface area (Å²) in [4.78, 5) is 25.9. The van der Waals surface area contributed by atoms with E-state index in [-0.39, 0.29) is 31.6 Å². The molecule has 0 aromatic rings. The van der Waals surface area contributed by atoms with E-state index in [1.165, 1.54) is 13.0 Å². The number of ketones is 1. The highest BCUT2D eigenvalue weighted by Crippen LogP contribution is 2.70. The van der Waals surface area contributed by atoms with Gasteiger partial charge in [-0.25, -0.2) is 4.79 Å². The minimum Gasteiger partial charge on any atom is -0.458 e. The van der Waals surface area contributed by atoms with E-state index in [0.717, 1.165) is 11.1 Å². The summed E-state index contributed by atoms with van der Waals surface area (Å²) in [7, 11) is 0. The lowest BCUT2D eigenvalue weighted by Crippen LogP contribution is -2.78. The lowest BCUT2D eigenvalue weighted by molar-refractivity contribution is -0.314. The molecule has 3 fully saturated rings. The molecule has 0 aliphatic heterocycles. The molecule has 0 radical (unpaired) electrons. The molecule has 8 atom stereocenters. The van der Waals surface area contributed by atoms with Gasteiger partial charge >= 0.3 is 5.97 Å². The van der Waals surface area contributed by atoms with Crippen molar-refractivity contribution in [2.75, 3.05) is 0 Å². The van der Waals surface area contributed by atoms with Crippen LogP contribution in [-0.2, 0) is 14.3 Å². The van der Waals surface area contributed by atoms with E-state index < -0.39 is 57.5 Å². The van der Waals surface area contributed by atoms with Crippen LogP contribution in [0.4, 0.5) is 0 Å². The molecule has 0 amide bonds. The first-order valence-electron chi connectivity index (χ1n) is 13.0. The van der Waals surface area contributed by atoms with Gasteiger partial charge in [0.25, 0.3) is 0 Å². The lowest BCUT2D eigenvalue weighted by atomic mass is 9.42. The number of fused-ring (bicyclic) bond motifs is 5. The number of allylic oxidation sites excluding steroid dienone is 1. The second-order valence-electron chi connectivity index (χ2n) is 12.4. The maximum absolute atomic E-state index is 13.0. The second kappa shape index (κ2) is 8.23. The Kier molecular flexibility index (Phi) is 6.24. The SMILES string of the molecule is CC(=O)[C@]1(O)CC[C@@]2(O)[C@]1(C)[C@H](OC(=O)/C=C(\C)C(C)C)C[C@H]1[C@@]3(C)CC[C@H](O)CC3=CC[C@]12O. The lowest BCUT2D eigenvalue weighted by Gasteiger charge is -2.67. The van der Waals surface area contributed by atoms with Crippen LogP contribution in [0.3, 0.4) is 0 Å². The fourth-order valence-corrected chi connectivity index (χ4v) is 7.90. The average Bonchev–Trinajstić information content (AvgIpc) is 3.00. The van der Waals surface area contributed by atoms with E-state index in [4.69, 9.17) is 4.74 Å². The first-order chi connectivity index (χ1) is 16.1. The van der Waals surface area contributed by atoms with Gasteiger partial charge in [0.05, 0.1) is 11.5 Å². The largest absolute Gasteiger partial charge is 0.458 e. The van der Waals surface area contributed by atoms with Crippen LogP contribution in [0.15, 0.2) is 23.3 Å². The monoisotopic (exact) mass is 490 g/mol. The van der Waals surface area contributed by atoms with E-state index >= 15 is 0 Å². The Hall–Kier alpha value is -1.54. The molecule has 7 heteroatoms. The van der Waals surface area contributed by atoms with Gasteiger partial charge in [-0.1, -0.05) is 38.0 Å². The highest BCUT2D eigenvalue weighted by Gasteiger charge is 2.81. The summed E-state index contributed by atoms with van der Waals surface area (Å²) in [6.45, 7) is 10.7. The Labute approximate surface area is 208 Å². The van der Waals surface area contributed by atoms with Crippen molar-refractivity contribution in [2.24, 2.45) is 22.7 Å². The Bertz CT molecular complexity index is 984. The summed E-state index contributed by atoms with van der Waals surface area (Å²) < 4.78 is 6.01. The van der Waals surface area contributed by atoms with Crippen molar-refractivity contribution < 1.29 is 34.8 Å². The van der Waals surface area contributed by atoms with Crippen molar-refractivity contribution in [2.45, 2.75) is 115 Å². The summed E-state index contributed by atoms with van der Waals surface area (Å²) in [6, 6.07) is 0. The number of rotatable bonds is 4. The second-order valence-corrected chi connectivity index (χ2v) is 12.4. The highest BCUT2D eigenvalue weighted by atomic mass is 16.5. The number of aliphatic hydroxyl groups is 4. The molecular weight excluding hydrogens is 448 g/mol. The van der Waals surface area contributed by atoms with Crippen LogP contribution >= 0.6 is 0 Å². The van der Waals surface area contributed by atoms with Crippen LogP contribution in [0.2, 0.25) is 0 Å². The summed E-state index contributed by atoms with van der Waals surface area (Å²) >= 11 is 0. The van der Waals surface area contributed by atoms with Gasteiger partial charge in [0, 0.05) is 12.0 Å². The maximum atomic E-state index is 13.0. The Morgan fingerprint density at radius 2 is 1.77 bits per heavy atom. The van der Waals surface area contributed by atoms with Gasteiger partial charge < -0.3 is 25.2 Å². The van der Waals surface area contributed by atoms with Gasteiger partial charge in [-0.2, -0.15) is 0 Å². The van der Waals surface area contributed by atoms with Crippen LogP contribution in [-0.4, -0.2) is 61.2 Å². The van der Waals surface area contributed by atoms with Crippen molar-refractivity contribution >= 4 is 11.8 Å². The number of carbonyl (C=O) groups excluding carboxylic acids is 2. The molecule has 35 heavy (non-hydrogen) atoms. The van der Waals surface area contributed by atoms with Gasteiger partial charge in [0.2, 0.25) is 0 Å². The van der Waals surface area contributed by atoms with E-state index in [2.05, 4.69) is 6.92 Å². The quantitative estimate of drug-likeness (QED) is 0.271. The van der Waals surface area contributed by atoms with Gasteiger partial charge in [-0.05, 0) is 77.0 Å². The predicted octanol–water partition coefficient (Wildman–Crippen LogP) is 2.98. The van der Waals surface area contributed by atoms with E-state index in [0.29, 0.717) is 19.3 Å². The minimum absolute atomic E-state index is 0.0172. The van der Waals surface area contributed by atoms with Crippen LogP contribution in [0.25, 0.3) is 0 Å². The molecule has 7 nitrogen and oxygen atoms in total. The molecule has 0 bridgehead atoms. The van der Waals surface area contributed by atoms with Gasteiger partial charge in [0.1, 0.15) is 22.9 Å². The molecule has 0 aromatic heterocycles. The Morgan fingerprint density at radius 3 is 2.37 bits per heavy atom. The van der Waals surface area contributed by atoms with Crippen molar-refractivity contribution in [1.29, 1.82) is 0 Å². The normalized spacial score (nSPS) is 47.5. The molecule has 0 heterocycles. The number of ether oxygens (including phenoxy) is 1. The molecule has 0 unspecified atom stereocenters. The van der Waals surface area contributed by atoms with Crippen LogP contribution < -0.4 is 0 Å². The average molecular weight is 491 g/mol. The first-order valence-corrected chi connectivity index (χ1v) is 13.0. The van der Waals surface area contributed by atoms with Crippen LogP contribution in [0.5, 0.6) is 0 Å². The van der Waals surface area contributed by atoms with Crippen LogP contribution in [0, 0.1) is 22.7 Å². The molecule has 196 valence electrons. The zero-order chi connectivity index (χ0) is 26.2. The molecule has 4 rings (SSSR count). The molecule has 0 saturated heterocycles. The zero-order valence-corrected chi connectivity index (χ0v) is 21.9. The molecule has 4 aliphatic rings. The third kappa shape index (κ3) is 3.38. The number of carbonyl (C=O) groups is 2. The fourth-order valence-electron chi connectivity index (χ4n) is 7.90. The highest BCUT2D eigenvalue weighted by molar-refractivity contribution is 5.87. The number of esters is 1. The summed E-state index contributed by atoms with van der Waals surface area (Å²) in [5.74, 6) is -1.41. The van der Waals surface area contributed by atoms with Crippen LogP contribution in [0.1, 0.15) is 86.5 Å². The maximum Gasteiger partial charge on any atom is 0.330 e. The van der Waals surface area contributed by atoms with E-state index in [1.807, 2.05) is 26.8 Å². The Balaban J connectivity index is 1.85. The summed E-state index contributed by atoms with van der Waals surface area (Å²) in [5.41, 5.74) is -5.62. The minimum atomic E-state index is -1.95. The van der Waals surface area contributed by atoms with E-state index in [1.54, 1.807) is 6.92 Å². The number of hydrogen-bond acceptors (Lipinski definition) is 7. The zero-order valence-electron chi connectivity index (χ0n) is 21.9. The van der Waals surface area contributed by atoms with Gasteiger partial charge in [0.15, 0.2) is 5.78 Å². The molecule has 0 aromatic carbocycles. The van der Waals surface area contributed by atoms with Crippen molar-refractivity contribution in [3.05, 3.63) is 23.3 Å². The van der Waals surface area contributed by atoms with E-state index in [9.17, 15) is 30.0 Å². The summed E-state index contributed by atoms with van der Waals surface area (Å²) in [6.07, 6.45) is 4.01. The van der Waals surface area contributed by atoms with Crippen molar-refractivity contribution in [3.8, 4) is 0 Å². The van der Waals surface area contributed by atoms with Gasteiger partial charge in [-0.3, -0.25) is 4.79 Å². The molecular formula is C28H42O7. The van der Waals surface area contributed by atoms with Crippen molar-refractivity contribution in [1.82, 2.24) is 0 Å². The van der Waals surface area contributed by atoms with Gasteiger partial charge in [-0.15, -0.1) is 0 Å². The third-order valence-corrected chi connectivity index (χ3v) is 10.7. The topological polar surface area (TPSA) is 124 Å². The molecule has 4 N–H and O–H groups in total. The molecule has 3 saturated carbocycles. The fraction of sp³-hybridized carbons (Fsp3) is 0.786.